The molecular formula is C13H17N3O2. The fourth-order valence-corrected chi connectivity index (χ4v) is 1.36. The van der Waals surface area contributed by atoms with Crippen LogP contribution in [0.4, 0.5) is 10.5 Å². The predicted octanol–water partition coefficient (Wildman–Crippen LogP) is 2.11. The van der Waals surface area contributed by atoms with Gasteiger partial charge >= 0.3 is 6.03 Å². The molecule has 0 saturated heterocycles. The number of carbonyl (C=O) groups is 1. The van der Waals surface area contributed by atoms with Crippen molar-refractivity contribution in [3.8, 4) is 6.07 Å². The van der Waals surface area contributed by atoms with Gasteiger partial charge in [-0.15, -0.1) is 0 Å². The lowest BCUT2D eigenvalue weighted by molar-refractivity contribution is 0.145. The molecule has 18 heavy (non-hydrogen) atoms. The molecule has 0 unspecified atom stereocenters. The number of amides is 2. The molecule has 0 saturated carbocycles. The number of hydrogen-bond donors (Lipinski definition) is 2. The van der Waals surface area contributed by atoms with Gasteiger partial charge < -0.3 is 15.4 Å². The van der Waals surface area contributed by atoms with E-state index in [2.05, 4.69) is 10.6 Å². The monoisotopic (exact) mass is 247 g/mol. The van der Waals surface area contributed by atoms with E-state index in [-0.39, 0.29) is 6.03 Å². The molecule has 1 rings (SSSR count). The largest absolute Gasteiger partial charge is 0.382 e. The number of nitrogens with one attached hydrogen (secondary N) is 2. The van der Waals surface area contributed by atoms with Crippen LogP contribution in [-0.2, 0) is 4.74 Å². The van der Waals surface area contributed by atoms with Gasteiger partial charge in [0, 0.05) is 25.4 Å². The Morgan fingerprint density at radius 2 is 2.33 bits per heavy atom. The average Bonchev–Trinajstić information content (AvgIpc) is 2.38. The molecule has 0 aliphatic rings. The smallest absolute Gasteiger partial charge is 0.319 e. The van der Waals surface area contributed by atoms with Crippen LogP contribution in [-0.4, -0.2) is 25.8 Å². The van der Waals surface area contributed by atoms with Gasteiger partial charge in [0.15, 0.2) is 0 Å². The topological polar surface area (TPSA) is 74.2 Å². The molecule has 1 aromatic carbocycles. The van der Waals surface area contributed by atoms with E-state index in [0.717, 1.165) is 6.42 Å². The first-order valence-corrected chi connectivity index (χ1v) is 5.89. The highest BCUT2D eigenvalue weighted by molar-refractivity contribution is 5.89. The minimum absolute atomic E-state index is 0.276. The summed E-state index contributed by atoms with van der Waals surface area (Å²) in [6.45, 7) is 3.82. The summed E-state index contributed by atoms with van der Waals surface area (Å²) in [4.78, 5) is 11.5. The molecule has 0 radical (unpaired) electrons. The van der Waals surface area contributed by atoms with Crippen LogP contribution in [0.5, 0.6) is 0 Å². The van der Waals surface area contributed by atoms with E-state index in [1.807, 2.05) is 13.0 Å². The van der Waals surface area contributed by atoms with E-state index < -0.39 is 0 Å². The predicted molar refractivity (Wildman–Crippen MR) is 69.3 cm³/mol. The van der Waals surface area contributed by atoms with Crippen LogP contribution < -0.4 is 10.6 Å². The molecule has 2 amide bonds. The molecule has 0 aliphatic carbocycles. The maximum atomic E-state index is 11.5. The van der Waals surface area contributed by atoms with Gasteiger partial charge in [0.2, 0.25) is 0 Å². The van der Waals surface area contributed by atoms with Crippen molar-refractivity contribution < 1.29 is 9.53 Å². The second kappa shape index (κ2) is 8.09. The van der Waals surface area contributed by atoms with Crippen LogP contribution in [0.25, 0.3) is 0 Å². The molecule has 96 valence electrons. The highest BCUT2D eigenvalue weighted by Gasteiger charge is 2.01. The Morgan fingerprint density at radius 1 is 1.50 bits per heavy atom. The summed E-state index contributed by atoms with van der Waals surface area (Å²) in [6.07, 6.45) is 0.777. The molecular weight excluding hydrogens is 230 g/mol. The molecule has 0 bridgehead atoms. The van der Waals surface area contributed by atoms with E-state index in [9.17, 15) is 4.79 Å². The Kier molecular flexibility index (Phi) is 6.30. The molecule has 0 atom stereocenters. The number of urea groups is 1. The number of anilines is 1. The van der Waals surface area contributed by atoms with Gasteiger partial charge in [-0.2, -0.15) is 5.26 Å². The minimum atomic E-state index is -0.276. The van der Waals surface area contributed by atoms with Gasteiger partial charge in [0.05, 0.1) is 11.6 Å². The number of hydrogen-bond acceptors (Lipinski definition) is 3. The van der Waals surface area contributed by atoms with Crippen LogP contribution >= 0.6 is 0 Å². The van der Waals surface area contributed by atoms with Crippen LogP contribution in [0.3, 0.4) is 0 Å². The van der Waals surface area contributed by atoms with Crippen LogP contribution in [0.1, 0.15) is 18.9 Å². The zero-order valence-corrected chi connectivity index (χ0v) is 10.4. The Balaban J connectivity index is 2.29. The van der Waals surface area contributed by atoms with Crippen LogP contribution in [0.15, 0.2) is 24.3 Å². The van der Waals surface area contributed by atoms with Crippen molar-refractivity contribution in [1.29, 1.82) is 5.26 Å². The number of benzene rings is 1. The molecule has 2 N–H and O–H groups in total. The van der Waals surface area contributed by atoms with Crippen molar-refractivity contribution in [2.75, 3.05) is 25.1 Å². The summed E-state index contributed by atoms with van der Waals surface area (Å²) < 4.78 is 5.16. The van der Waals surface area contributed by atoms with Gasteiger partial charge in [-0.1, -0.05) is 6.07 Å². The Morgan fingerprint density at radius 3 is 3.06 bits per heavy atom. The number of nitrogens with zero attached hydrogens (tertiary/aromatic N) is 1. The molecule has 0 heterocycles. The summed E-state index contributed by atoms with van der Waals surface area (Å²) in [5.74, 6) is 0. The summed E-state index contributed by atoms with van der Waals surface area (Å²) >= 11 is 0. The fraction of sp³-hybridized carbons (Fsp3) is 0.385. The maximum Gasteiger partial charge on any atom is 0.319 e. The van der Waals surface area contributed by atoms with Crippen molar-refractivity contribution in [2.24, 2.45) is 0 Å². The van der Waals surface area contributed by atoms with E-state index >= 15 is 0 Å². The normalized spacial score (nSPS) is 9.56. The van der Waals surface area contributed by atoms with Crippen molar-refractivity contribution in [3.63, 3.8) is 0 Å². The summed E-state index contributed by atoms with van der Waals surface area (Å²) in [5.41, 5.74) is 1.13. The highest BCUT2D eigenvalue weighted by Crippen LogP contribution is 2.09. The van der Waals surface area contributed by atoms with Gasteiger partial charge in [-0.05, 0) is 31.5 Å². The Labute approximate surface area is 107 Å². The third-order valence-corrected chi connectivity index (χ3v) is 2.20. The van der Waals surface area contributed by atoms with Gasteiger partial charge in [0.1, 0.15) is 0 Å². The quantitative estimate of drug-likeness (QED) is 0.756. The van der Waals surface area contributed by atoms with E-state index in [4.69, 9.17) is 10.00 Å². The lowest BCUT2D eigenvalue weighted by atomic mass is 10.2. The molecule has 5 nitrogen and oxygen atoms in total. The minimum Gasteiger partial charge on any atom is -0.382 e. The van der Waals surface area contributed by atoms with Crippen molar-refractivity contribution in [2.45, 2.75) is 13.3 Å². The zero-order chi connectivity index (χ0) is 13.2. The molecule has 0 aromatic heterocycles. The Bertz CT molecular complexity index is 426. The molecule has 1 aromatic rings. The first-order chi connectivity index (χ1) is 8.76. The number of carbonyl (C=O) groups excluding carboxylic acids is 1. The van der Waals surface area contributed by atoms with E-state index in [0.29, 0.717) is 31.0 Å². The summed E-state index contributed by atoms with van der Waals surface area (Å²) in [5, 5.41) is 14.1. The lowest BCUT2D eigenvalue weighted by Crippen LogP contribution is -2.30. The molecule has 0 fully saturated rings. The van der Waals surface area contributed by atoms with Crippen molar-refractivity contribution in [3.05, 3.63) is 29.8 Å². The van der Waals surface area contributed by atoms with Crippen LogP contribution in [0.2, 0.25) is 0 Å². The summed E-state index contributed by atoms with van der Waals surface area (Å²) in [7, 11) is 0. The van der Waals surface area contributed by atoms with Gasteiger partial charge in [0.25, 0.3) is 0 Å². The van der Waals surface area contributed by atoms with Crippen molar-refractivity contribution in [1.82, 2.24) is 5.32 Å². The third-order valence-electron chi connectivity index (χ3n) is 2.20. The Hall–Kier alpha value is -2.06. The second-order valence-corrected chi connectivity index (χ2v) is 3.62. The standard InChI is InChI=1S/C13H17N3O2/c1-2-18-8-4-7-15-13(17)16-12-6-3-5-11(9-12)10-14/h3,5-6,9H,2,4,7-8H2,1H3,(H2,15,16,17). The maximum absolute atomic E-state index is 11.5. The first-order valence-electron chi connectivity index (χ1n) is 5.89. The first kappa shape index (κ1) is 14.0. The number of rotatable bonds is 6. The molecule has 0 aliphatic heterocycles. The summed E-state index contributed by atoms with van der Waals surface area (Å²) in [6, 6.07) is 8.52. The van der Waals surface area contributed by atoms with Gasteiger partial charge in [-0.25, -0.2) is 4.79 Å². The molecule has 0 spiro atoms. The van der Waals surface area contributed by atoms with E-state index in [1.165, 1.54) is 0 Å². The van der Waals surface area contributed by atoms with Gasteiger partial charge in [-0.3, -0.25) is 0 Å². The zero-order valence-electron chi connectivity index (χ0n) is 10.4. The second-order valence-electron chi connectivity index (χ2n) is 3.62. The average molecular weight is 247 g/mol. The van der Waals surface area contributed by atoms with E-state index in [1.54, 1.807) is 24.3 Å². The number of nitriles is 1. The number of ether oxygens (including phenoxy) is 1. The lowest BCUT2D eigenvalue weighted by Gasteiger charge is -2.07. The van der Waals surface area contributed by atoms with Crippen molar-refractivity contribution >= 4 is 11.7 Å². The molecule has 5 heteroatoms. The SMILES string of the molecule is CCOCCCNC(=O)Nc1cccc(C#N)c1. The highest BCUT2D eigenvalue weighted by atomic mass is 16.5. The third kappa shape index (κ3) is 5.32. The fourth-order valence-electron chi connectivity index (χ4n) is 1.36. The van der Waals surface area contributed by atoms with Crippen LogP contribution in [0, 0.1) is 11.3 Å².